The Kier molecular flexibility index (Phi) is 7.16. The van der Waals surface area contributed by atoms with Crippen molar-refractivity contribution >= 4 is 23.5 Å². The van der Waals surface area contributed by atoms with Gasteiger partial charge in [-0.2, -0.15) is 8.62 Å². The van der Waals surface area contributed by atoms with Crippen LogP contribution in [0.4, 0.5) is 0 Å². The zero-order chi connectivity index (χ0) is 17.7. The molecule has 0 aliphatic heterocycles. The van der Waals surface area contributed by atoms with Gasteiger partial charge in [0.15, 0.2) is 0 Å². The lowest BCUT2D eigenvalue weighted by Gasteiger charge is -2.16. The lowest BCUT2D eigenvalue weighted by molar-refractivity contribution is 0.207. The minimum atomic E-state index is -5.50. The van der Waals surface area contributed by atoms with Crippen LogP contribution < -0.4 is 4.52 Å². The van der Waals surface area contributed by atoms with Crippen LogP contribution in [-0.2, 0) is 28.7 Å². The lowest BCUT2D eigenvalue weighted by atomic mass is 10.1. The highest BCUT2D eigenvalue weighted by Gasteiger charge is 2.41. The highest BCUT2D eigenvalue weighted by molar-refractivity contribution is 7.66. The van der Waals surface area contributed by atoms with Crippen LogP contribution in [0.1, 0.15) is 25.3 Å². The van der Waals surface area contributed by atoms with E-state index in [-0.39, 0.29) is 5.75 Å². The van der Waals surface area contributed by atoms with E-state index in [9.17, 15) is 18.6 Å². The van der Waals surface area contributed by atoms with E-state index < -0.39 is 23.5 Å². The van der Waals surface area contributed by atoms with Crippen LogP contribution in [-0.4, -0.2) is 19.6 Å². The Balaban J connectivity index is 2.72. The van der Waals surface area contributed by atoms with Crippen molar-refractivity contribution in [2.24, 2.45) is 0 Å². The van der Waals surface area contributed by atoms with Crippen molar-refractivity contribution in [1.29, 1.82) is 0 Å². The summed E-state index contributed by atoms with van der Waals surface area (Å²) < 4.78 is 45.0. The number of rotatable bonds is 9. The van der Waals surface area contributed by atoms with Crippen LogP contribution >= 0.6 is 23.5 Å². The molecule has 0 aliphatic carbocycles. The standard InChI is InChI=1S/C10H17O10P3/c1-2-3-4-9-5-7-10(8-6-9)18-22(14,15)20-23(16,17)19-21(11,12)13/h5-8H,2-4H2,1H3,(H,14,15)(H,16,17)(H2,11,12,13). The molecule has 0 aromatic heterocycles. The molecule has 0 saturated carbocycles. The molecule has 0 spiro atoms. The summed E-state index contributed by atoms with van der Waals surface area (Å²) in [5, 5.41) is 0. The molecule has 0 heterocycles. The number of hydrogen-bond donors (Lipinski definition) is 4. The van der Waals surface area contributed by atoms with Crippen LogP contribution in [0.3, 0.4) is 0 Å². The molecule has 2 unspecified atom stereocenters. The van der Waals surface area contributed by atoms with E-state index in [1.54, 1.807) is 12.1 Å². The van der Waals surface area contributed by atoms with Gasteiger partial charge in [0.05, 0.1) is 0 Å². The number of aryl methyl sites for hydroxylation is 1. The second-order valence-corrected chi connectivity index (χ2v) is 8.77. The van der Waals surface area contributed by atoms with Gasteiger partial charge in [0, 0.05) is 0 Å². The minimum absolute atomic E-state index is 0.132. The molecule has 23 heavy (non-hydrogen) atoms. The molecule has 1 rings (SSSR count). The van der Waals surface area contributed by atoms with Crippen molar-refractivity contribution in [3.8, 4) is 5.75 Å². The summed E-state index contributed by atoms with van der Waals surface area (Å²) in [7, 11) is -16.0. The van der Waals surface area contributed by atoms with E-state index in [1.807, 2.05) is 6.92 Å². The maximum atomic E-state index is 11.6. The first-order valence-corrected chi connectivity index (χ1v) is 10.9. The number of phosphoric acid groups is 3. The van der Waals surface area contributed by atoms with Crippen molar-refractivity contribution in [1.82, 2.24) is 0 Å². The van der Waals surface area contributed by atoms with Gasteiger partial charge in [-0.1, -0.05) is 25.5 Å². The fraction of sp³-hybridized carbons (Fsp3) is 0.400. The van der Waals surface area contributed by atoms with Gasteiger partial charge in [0.1, 0.15) is 5.75 Å². The quantitative estimate of drug-likeness (QED) is 0.462. The highest BCUT2D eigenvalue weighted by Crippen LogP contribution is 2.66. The van der Waals surface area contributed by atoms with Crippen molar-refractivity contribution in [2.45, 2.75) is 26.2 Å². The SMILES string of the molecule is CCCCc1ccc(OP(=O)(O)OP(=O)(O)OP(=O)(O)O)cc1. The molecule has 10 nitrogen and oxygen atoms in total. The fourth-order valence-corrected chi connectivity index (χ4v) is 4.55. The Morgan fingerprint density at radius 1 is 0.913 bits per heavy atom. The Morgan fingerprint density at radius 2 is 1.48 bits per heavy atom. The third-order valence-electron chi connectivity index (χ3n) is 2.38. The Morgan fingerprint density at radius 3 is 1.96 bits per heavy atom. The Hall–Kier alpha value is -0.530. The van der Waals surface area contributed by atoms with Gasteiger partial charge < -0.3 is 19.2 Å². The van der Waals surface area contributed by atoms with Crippen molar-refractivity contribution in [3.63, 3.8) is 0 Å². The Labute approximate surface area is 132 Å². The zero-order valence-electron chi connectivity index (χ0n) is 12.0. The van der Waals surface area contributed by atoms with E-state index in [2.05, 4.69) is 13.1 Å². The van der Waals surface area contributed by atoms with Gasteiger partial charge in [-0.25, -0.2) is 13.7 Å². The summed E-state index contributed by atoms with van der Waals surface area (Å²) in [6.07, 6.45) is 2.78. The van der Waals surface area contributed by atoms with Gasteiger partial charge in [-0.05, 0) is 30.5 Å². The summed E-state index contributed by atoms with van der Waals surface area (Å²) in [4.78, 5) is 35.2. The molecule has 0 amide bonds. The molecule has 0 saturated heterocycles. The topological polar surface area (TPSA) is 160 Å². The van der Waals surface area contributed by atoms with E-state index >= 15 is 0 Å². The third kappa shape index (κ3) is 8.77. The van der Waals surface area contributed by atoms with Crippen LogP contribution in [0.2, 0.25) is 0 Å². The molecule has 0 fully saturated rings. The molecular weight excluding hydrogens is 373 g/mol. The number of phosphoric ester groups is 1. The normalized spacial score (nSPS) is 17.3. The monoisotopic (exact) mass is 390 g/mol. The summed E-state index contributed by atoms with van der Waals surface area (Å²) >= 11 is 0. The van der Waals surface area contributed by atoms with Crippen molar-refractivity contribution in [3.05, 3.63) is 29.8 Å². The third-order valence-corrected chi connectivity index (χ3v) is 6.15. The van der Waals surface area contributed by atoms with Crippen LogP contribution in [0.5, 0.6) is 5.75 Å². The maximum Gasteiger partial charge on any atom is 0.536 e. The highest BCUT2D eigenvalue weighted by atomic mass is 31.3. The molecule has 0 bridgehead atoms. The Bertz CT molecular complexity index is 651. The summed E-state index contributed by atoms with van der Waals surface area (Å²) in [5.41, 5.74) is 0.963. The second-order valence-electron chi connectivity index (χ2n) is 4.43. The second kappa shape index (κ2) is 8.03. The van der Waals surface area contributed by atoms with E-state index in [0.717, 1.165) is 24.8 Å². The van der Waals surface area contributed by atoms with Crippen LogP contribution in [0.25, 0.3) is 0 Å². The molecule has 1 aromatic carbocycles. The molecule has 0 aliphatic rings. The van der Waals surface area contributed by atoms with Crippen LogP contribution in [0, 0.1) is 0 Å². The summed E-state index contributed by atoms with van der Waals surface area (Å²) in [6.45, 7) is 2.03. The average molecular weight is 390 g/mol. The molecule has 2 atom stereocenters. The first-order valence-electron chi connectivity index (χ1n) is 6.35. The van der Waals surface area contributed by atoms with Gasteiger partial charge in [-0.3, -0.25) is 4.89 Å². The molecular formula is C10H17O10P3. The molecule has 0 radical (unpaired) electrons. The van der Waals surface area contributed by atoms with E-state index in [0.29, 0.717) is 0 Å². The minimum Gasteiger partial charge on any atom is -0.404 e. The van der Waals surface area contributed by atoms with Gasteiger partial charge in [0.2, 0.25) is 0 Å². The average Bonchev–Trinajstić information content (AvgIpc) is 2.32. The van der Waals surface area contributed by atoms with Gasteiger partial charge in [0.25, 0.3) is 0 Å². The molecule has 4 N–H and O–H groups in total. The number of hydrogen-bond acceptors (Lipinski definition) is 6. The van der Waals surface area contributed by atoms with Crippen molar-refractivity contribution < 1.29 is 46.4 Å². The molecule has 13 heteroatoms. The van der Waals surface area contributed by atoms with E-state index in [1.165, 1.54) is 12.1 Å². The largest absolute Gasteiger partial charge is 0.536 e. The smallest absolute Gasteiger partial charge is 0.404 e. The van der Waals surface area contributed by atoms with Gasteiger partial charge >= 0.3 is 23.5 Å². The fourth-order valence-electron chi connectivity index (χ4n) is 1.53. The molecule has 1 aromatic rings. The van der Waals surface area contributed by atoms with Gasteiger partial charge in [-0.15, -0.1) is 0 Å². The zero-order valence-corrected chi connectivity index (χ0v) is 14.7. The molecule has 132 valence electrons. The van der Waals surface area contributed by atoms with E-state index in [4.69, 9.17) is 14.7 Å². The lowest BCUT2D eigenvalue weighted by Crippen LogP contribution is -1.98. The van der Waals surface area contributed by atoms with Crippen LogP contribution in [0.15, 0.2) is 24.3 Å². The summed E-state index contributed by atoms with van der Waals surface area (Å²) in [6, 6.07) is 5.97. The maximum absolute atomic E-state index is 11.6. The number of unbranched alkanes of at least 4 members (excludes halogenated alkanes) is 1. The predicted octanol–water partition coefficient (Wildman–Crippen LogP) is 2.73. The van der Waals surface area contributed by atoms with Crippen molar-refractivity contribution in [2.75, 3.05) is 0 Å². The predicted molar refractivity (Wildman–Crippen MR) is 79.5 cm³/mol. The summed E-state index contributed by atoms with van der Waals surface area (Å²) in [5.74, 6) is -0.132. The number of benzene rings is 1. The first kappa shape index (κ1) is 20.5. The first-order chi connectivity index (χ1) is 10.4.